The molecule has 0 saturated heterocycles. The average molecular weight is 354 g/mol. The lowest BCUT2D eigenvalue weighted by atomic mass is 10.0. The highest BCUT2D eigenvalue weighted by molar-refractivity contribution is 5.75. The second-order valence-electron chi connectivity index (χ2n) is 6.01. The molecule has 0 aliphatic heterocycles. The molecule has 3 nitrogen and oxygen atoms in total. The molecule has 0 aliphatic rings. The second kappa shape index (κ2) is 7.67. The van der Waals surface area contributed by atoms with Crippen LogP contribution in [0.1, 0.15) is 0 Å². The summed E-state index contributed by atoms with van der Waals surface area (Å²) in [6.07, 6.45) is 0. The first kappa shape index (κ1) is 16.7. The number of hydrogen-bond donors (Lipinski definition) is 1. The summed E-state index contributed by atoms with van der Waals surface area (Å²) in [5, 5.41) is 9.89. The molecular formula is C24H18O3. The fourth-order valence-electron chi connectivity index (χ4n) is 2.82. The molecule has 4 aromatic carbocycles. The van der Waals surface area contributed by atoms with Crippen LogP contribution in [0.3, 0.4) is 0 Å². The molecule has 132 valence electrons. The van der Waals surface area contributed by atoms with E-state index < -0.39 is 0 Å². The Morgan fingerprint density at radius 1 is 0.556 bits per heavy atom. The van der Waals surface area contributed by atoms with Gasteiger partial charge in [0.05, 0.1) is 0 Å². The number of para-hydroxylation sites is 3. The van der Waals surface area contributed by atoms with Gasteiger partial charge < -0.3 is 14.6 Å². The predicted molar refractivity (Wildman–Crippen MR) is 107 cm³/mol. The van der Waals surface area contributed by atoms with Gasteiger partial charge in [-0.05, 0) is 48.0 Å². The van der Waals surface area contributed by atoms with E-state index >= 15 is 0 Å². The van der Waals surface area contributed by atoms with Crippen molar-refractivity contribution >= 4 is 0 Å². The number of hydrogen-bond acceptors (Lipinski definition) is 3. The maximum Gasteiger partial charge on any atom is 0.177 e. The molecule has 1 N–H and O–H groups in total. The van der Waals surface area contributed by atoms with Crippen molar-refractivity contribution in [1.29, 1.82) is 0 Å². The molecule has 0 amide bonds. The molecule has 0 aliphatic carbocycles. The van der Waals surface area contributed by atoms with E-state index in [-0.39, 0.29) is 5.75 Å². The maximum atomic E-state index is 9.89. The third kappa shape index (κ3) is 3.93. The summed E-state index contributed by atoms with van der Waals surface area (Å²) in [6.45, 7) is 0. The zero-order valence-corrected chi connectivity index (χ0v) is 14.6. The Labute approximate surface area is 158 Å². The van der Waals surface area contributed by atoms with E-state index in [1.807, 2.05) is 91.0 Å². The van der Waals surface area contributed by atoms with Gasteiger partial charge in [0.1, 0.15) is 17.2 Å². The summed E-state index contributed by atoms with van der Waals surface area (Å²) in [5.41, 5.74) is 1.68. The number of phenolic OH excluding ortho intramolecular Hbond substituents is 1. The summed E-state index contributed by atoms with van der Waals surface area (Å²) in [4.78, 5) is 0. The van der Waals surface area contributed by atoms with Crippen molar-refractivity contribution in [2.24, 2.45) is 0 Å². The standard InChI is InChI=1S/C24H18O3/c25-19-10-7-9-18(17-19)22-15-8-16-23(26-20-11-3-1-4-12-20)24(22)27-21-13-5-2-6-14-21/h1-17,25H. The monoisotopic (exact) mass is 354 g/mol. The van der Waals surface area contributed by atoms with Gasteiger partial charge in [0.15, 0.2) is 11.5 Å². The molecule has 3 heteroatoms. The Kier molecular flexibility index (Phi) is 4.75. The third-order valence-electron chi connectivity index (χ3n) is 4.07. The van der Waals surface area contributed by atoms with E-state index in [4.69, 9.17) is 9.47 Å². The topological polar surface area (TPSA) is 38.7 Å². The van der Waals surface area contributed by atoms with Crippen LogP contribution in [0.2, 0.25) is 0 Å². The van der Waals surface area contributed by atoms with Gasteiger partial charge in [-0.25, -0.2) is 0 Å². The number of benzene rings is 4. The molecule has 0 bridgehead atoms. The largest absolute Gasteiger partial charge is 0.508 e. The Morgan fingerprint density at radius 2 is 1.19 bits per heavy atom. The number of aromatic hydroxyl groups is 1. The van der Waals surface area contributed by atoms with Crippen LogP contribution >= 0.6 is 0 Å². The van der Waals surface area contributed by atoms with Gasteiger partial charge in [0.25, 0.3) is 0 Å². The van der Waals surface area contributed by atoms with Gasteiger partial charge in [0, 0.05) is 5.56 Å². The molecule has 0 unspecified atom stereocenters. The van der Waals surface area contributed by atoms with Gasteiger partial charge in [-0.3, -0.25) is 0 Å². The first-order chi connectivity index (χ1) is 13.3. The molecule has 4 rings (SSSR count). The van der Waals surface area contributed by atoms with E-state index in [9.17, 15) is 5.11 Å². The molecule has 0 saturated carbocycles. The number of rotatable bonds is 5. The molecule has 0 spiro atoms. The summed E-state index contributed by atoms with van der Waals surface area (Å²) < 4.78 is 12.3. The summed E-state index contributed by atoms with van der Waals surface area (Å²) >= 11 is 0. The summed E-state index contributed by atoms with van der Waals surface area (Å²) in [7, 11) is 0. The van der Waals surface area contributed by atoms with Crippen LogP contribution in [0, 0.1) is 0 Å². The fourth-order valence-corrected chi connectivity index (χ4v) is 2.82. The maximum absolute atomic E-state index is 9.89. The van der Waals surface area contributed by atoms with E-state index in [1.165, 1.54) is 0 Å². The quantitative estimate of drug-likeness (QED) is 0.436. The molecule has 4 aromatic rings. The van der Waals surface area contributed by atoms with Gasteiger partial charge in [-0.1, -0.05) is 60.7 Å². The van der Waals surface area contributed by atoms with Crippen molar-refractivity contribution in [2.45, 2.75) is 0 Å². The Balaban J connectivity index is 1.81. The number of phenols is 1. The zero-order chi connectivity index (χ0) is 18.5. The predicted octanol–water partition coefficient (Wildman–Crippen LogP) is 6.64. The van der Waals surface area contributed by atoms with Crippen LogP contribution in [-0.4, -0.2) is 5.11 Å². The minimum atomic E-state index is 0.201. The van der Waals surface area contributed by atoms with E-state index in [0.29, 0.717) is 17.2 Å². The molecule has 0 atom stereocenters. The average Bonchev–Trinajstić information content (AvgIpc) is 2.71. The lowest BCUT2D eigenvalue weighted by Gasteiger charge is -2.16. The Hall–Kier alpha value is -3.72. The molecular weight excluding hydrogens is 336 g/mol. The summed E-state index contributed by atoms with van der Waals surface area (Å²) in [5.74, 6) is 2.84. The van der Waals surface area contributed by atoms with E-state index in [2.05, 4.69) is 0 Å². The van der Waals surface area contributed by atoms with Gasteiger partial charge >= 0.3 is 0 Å². The second-order valence-corrected chi connectivity index (χ2v) is 6.01. The van der Waals surface area contributed by atoms with Crippen molar-refractivity contribution in [2.75, 3.05) is 0 Å². The molecule has 0 fully saturated rings. The SMILES string of the molecule is Oc1cccc(-c2cccc(Oc3ccccc3)c2Oc2ccccc2)c1. The molecule has 27 heavy (non-hydrogen) atoms. The third-order valence-corrected chi connectivity index (χ3v) is 4.07. The van der Waals surface area contributed by atoms with Crippen molar-refractivity contribution in [3.8, 4) is 39.9 Å². The van der Waals surface area contributed by atoms with Crippen molar-refractivity contribution in [3.63, 3.8) is 0 Å². The summed E-state index contributed by atoms with van der Waals surface area (Å²) in [6, 6.07) is 32.0. The van der Waals surface area contributed by atoms with Crippen LogP contribution in [-0.2, 0) is 0 Å². The van der Waals surface area contributed by atoms with Gasteiger partial charge in [-0.15, -0.1) is 0 Å². The minimum absolute atomic E-state index is 0.201. The van der Waals surface area contributed by atoms with Gasteiger partial charge in [0.2, 0.25) is 0 Å². The molecule has 0 radical (unpaired) electrons. The van der Waals surface area contributed by atoms with Gasteiger partial charge in [-0.2, -0.15) is 0 Å². The van der Waals surface area contributed by atoms with E-state index in [1.54, 1.807) is 12.1 Å². The first-order valence-corrected chi connectivity index (χ1v) is 8.68. The van der Waals surface area contributed by atoms with Crippen LogP contribution in [0.15, 0.2) is 103 Å². The fraction of sp³-hybridized carbons (Fsp3) is 0. The van der Waals surface area contributed by atoms with Crippen molar-refractivity contribution in [1.82, 2.24) is 0 Å². The van der Waals surface area contributed by atoms with Crippen LogP contribution in [0.5, 0.6) is 28.7 Å². The smallest absolute Gasteiger partial charge is 0.177 e. The highest BCUT2D eigenvalue weighted by Gasteiger charge is 2.15. The Morgan fingerprint density at radius 3 is 1.85 bits per heavy atom. The van der Waals surface area contributed by atoms with Crippen LogP contribution < -0.4 is 9.47 Å². The lowest BCUT2D eigenvalue weighted by Crippen LogP contribution is -1.93. The van der Waals surface area contributed by atoms with Crippen LogP contribution in [0.4, 0.5) is 0 Å². The molecule has 0 aromatic heterocycles. The Bertz CT molecular complexity index is 1030. The highest BCUT2D eigenvalue weighted by atomic mass is 16.5. The first-order valence-electron chi connectivity index (χ1n) is 8.68. The van der Waals surface area contributed by atoms with E-state index in [0.717, 1.165) is 16.9 Å². The van der Waals surface area contributed by atoms with Crippen LogP contribution in [0.25, 0.3) is 11.1 Å². The molecule has 0 heterocycles. The number of ether oxygens (including phenoxy) is 2. The van der Waals surface area contributed by atoms with Crippen molar-refractivity contribution < 1.29 is 14.6 Å². The lowest BCUT2D eigenvalue weighted by molar-refractivity contribution is 0.420. The normalized spacial score (nSPS) is 10.4. The van der Waals surface area contributed by atoms with Crippen molar-refractivity contribution in [3.05, 3.63) is 103 Å². The minimum Gasteiger partial charge on any atom is -0.508 e. The zero-order valence-electron chi connectivity index (χ0n) is 14.6. The highest BCUT2D eigenvalue weighted by Crippen LogP contribution is 2.43.